The molecule has 0 aromatic heterocycles. The lowest BCUT2D eigenvalue weighted by molar-refractivity contribution is -0.128. The fraction of sp³-hybridized carbons (Fsp3) is 0. The fourth-order valence-corrected chi connectivity index (χ4v) is 3.80. The van der Waals surface area contributed by atoms with E-state index in [9.17, 15) is 14.4 Å². The molecule has 0 spiro atoms. The van der Waals surface area contributed by atoms with Crippen LogP contribution in [0, 0.1) is 0 Å². The highest BCUT2D eigenvalue weighted by Gasteiger charge is 2.15. The normalized spacial score (nSPS) is 10.9. The van der Waals surface area contributed by atoms with Gasteiger partial charge < -0.3 is 9.47 Å². The van der Waals surface area contributed by atoms with Gasteiger partial charge in [-0.2, -0.15) is 5.10 Å². The highest BCUT2D eigenvalue weighted by molar-refractivity contribution is 6.36. The van der Waals surface area contributed by atoms with Gasteiger partial charge in [-0.05, 0) is 54.6 Å². The lowest BCUT2D eigenvalue weighted by Gasteiger charge is -2.09. The molecule has 7 nitrogen and oxygen atoms in total. The van der Waals surface area contributed by atoms with Crippen LogP contribution in [0.2, 0.25) is 10.0 Å². The Hall–Kier alpha value is -4.72. The molecule has 194 valence electrons. The van der Waals surface area contributed by atoms with Crippen LogP contribution in [0.1, 0.15) is 31.8 Å². The Morgan fingerprint density at radius 3 is 2.10 bits per heavy atom. The second-order valence-electron chi connectivity index (χ2n) is 7.91. The zero-order valence-electron chi connectivity index (χ0n) is 20.2. The van der Waals surface area contributed by atoms with E-state index in [-0.39, 0.29) is 28.0 Å². The molecule has 39 heavy (non-hydrogen) atoms. The molecule has 0 heterocycles. The van der Waals surface area contributed by atoms with Gasteiger partial charge in [-0.1, -0.05) is 71.7 Å². The summed E-state index contributed by atoms with van der Waals surface area (Å²) < 4.78 is 11.0. The van der Waals surface area contributed by atoms with Gasteiger partial charge in [0.2, 0.25) is 0 Å². The molecule has 4 aromatic rings. The molecule has 0 unspecified atom stereocenters. The summed E-state index contributed by atoms with van der Waals surface area (Å²) in [4.78, 5) is 37.4. The largest absolute Gasteiger partial charge is 0.423 e. The maximum atomic E-state index is 12.6. The summed E-state index contributed by atoms with van der Waals surface area (Å²) in [5.74, 6) is -1.26. The van der Waals surface area contributed by atoms with E-state index in [1.165, 1.54) is 36.6 Å². The summed E-state index contributed by atoms with van der Waals surface area (Å²) in [6, 6.07) is 26.5. The minimum absolute atomic E-state index is 0.150. The van der Waals surface area contributed by atoms with E-state index >= 15 is 0 Å². The number of hydrogen-bond donors (Lipinski definition) is 1. The smallest absolute Gasteiger partial charge is 0.345 e. The Balaban J connectivity index is 1.42. The third-order valence-corrected chi connectivity index (χ3v) is 5.75. The van der Waals surface area contributed by atoms with Crippen molar-refractivity contribution in [3.63, 3.8) is 0 Å². The van der Waals surface area contributed by atoms with Gasteiger partial charge in [-0.3, -0.25) is 4.79 Å². The molecule has 4 aromatic carbocycles. The van der Waals surface area contributed by atoms with Gasteiger partial charge in [0.25, 0.3) is 5.91 Å². The number of nitrogens with one attached hydrogen (secondary N) is 1. The SMILES string of the molecule is O=C(/C=C/c1ccccc1OC(=O)c1ccc(Cl)cc1Cl)Oc1ccccc1/C=N/NC(=O)c1ccccc1. The van der Waals surface area contributed by atoms with Crippen LogP contribution >= 0.6 is 23.2 Å². The van der Waals surface area contributed by atoms with Crippen molar-refractivity contribution in [1.29, 1.82) is 0 Å². The number of ether oxygens (including phenoxy) is 2. The topological polar surface area (TPSA) is 94.1 Å². The number of hydrazone groups is 1. The minimum Gasteiger partial charge on any atom is -0.423 e. The van der Waals surface area contributed by atoms with Crippen molar-refractivity contribution in [2.45, 2.75) is 0 Å². The van der Waals surface area contributed by atoms with Crippen LogP contribution in [-0.4, -0.2) is 24.1 Å². The van der Waals surface area contributed by atoms with Crippen molar-refractivity contribution >= 4 is 53.3 Å². The zero-order chi connectivity index (χ0) is 27.6. The number of amides is 1. The highest BCUT2D eigenvalue weighted by atomic mass is 35.5. The molecule has 1 N–H and O–H groups in total. The first-order valence-corrected chi connectivity index (χ1v) is 12.3. The first kappa shape index (κ1) is 27.3. The van der Waals surface area contributed by atoms with Crippen LogP contribution in [0.3, 0.4) is 0 Å². The molecule has 0 radical (unpaired) electrons. The molecular formula is C30H20Cl2N2O5. The van der Waals surface area contributed by atoms with Crippen molar-refractivity contribution in [3.05, 3.63) is 135 Å². The van der Waals surface area contributed by atoms with Crippen molar-refractivity contribution < 1.29 is 23.9 Å². The Morgan fingerprint density at radius 1 is 0.744 bits per heavy atom. The van der Waals surface area contributed by atoms with Gasteiger partial charge in [-0.15, -0.1) is 0 Å². The lowest BCUT2D eigenvalue weighted by atomic mass is 10.2. The third-order valence-electron chi connectivity index (χ3n) is 5.21. The van der Waals surface area contributed by atoms with E-state index < -0.39 is 11.9 Å². The van der Waals surface area contributed by atoms with Crippen LogP contribution in [0.5, 0.6) is 11.5 Å². The molecule has 0 aliphatic rings. The monoisotopic (exact) mass is 558 g/mol. The van der Waals surface area contributed by atoms with Gasteiger partial charge in [0.1, 0.15) is 11.5 Å². The van der Waals surface area contributed by atoms with Crippen LogP contribution in [0.15, 0.2) is 108 Å². The Kier molecular flexibility index (Phi) is 9.24. The molecule has 0 saturated heterocycles. The van der Waals surface area contributed by atoms with Crippen molar-refractivity contribution in [2.24, 2.45) is 5.10 Å². The van der Waals surface area contributed by atoms with E-state index in [1.54, 1.807) is 72.8 Å². The van der Waals surface area contributed by atoms with Crippen LogP contribution in [0.25, 0.3) is 6.08 Å². The van der Waals surface area contributed by atoms with Gasteiger partial charge >= 0.3 is 11.9 Å². The summed E-state index contributed by atoms with van der Waals surface area (Å²) in [5.41, 5.74) is 3.98. The molecule has 0 atom stereocenters. The van der Waals surface area contributed by atoms with E-state index in [0.717, 1.165) is 0 Å². The minimum atomic E-state index is -0.675. The molecule has 0 aliphatic carbocycles. The lowest BCUT2D eigenvalue weighted by Crippen LogP contribution is -2.17. The second kappa shape index (κ2) is 13.2. The molecule has 0 aliphatic heterocycles. The number of hydrogen-bond acceptors (Lipinski definition) is 6. The maximum Gasteiger partial charge on any atom is 0.345 e. The van der Waals surface area contributed by atoms with Gasteiger partial charge in [0, 0.05) is 27.8 Å². The number of benzene rings is 4. The van der Waals surface area contributed by atoms with Crippen molar-refractivity contribution in [1.82, 2.24) is 5.43 Å². The standard InChI is InChI=1S/C30H20Cl2N2O5/c31-23-15-16-24(25(32)18-23)30(37)39-26-12-6-4-8-20(26)14-17-28(35)38-27-13-7-5-11-22(27)19-33-34-29(36)21-9-2-1-3-10-21/h1-19H,(H,34,36)/b17-14+,33-19+. The number of nitrogens with zero attached hydrogens (tertiary/aromatic N) is 1. The molecule has 1 amide bonds. The van der Waals surface area contributed by atoms with Crippen LogP contribution < -0.4 is 14.9 Å². The van der Waals surface area contributed by atoms with Gasteiger partial charge in [-0.25, -0.2) is 15.0 Å². The first-order chi connectivity index (χ1) is 18.9. The summed E-state index contributed by atoms with van der Waals surface area (Å²) in [6.45, 7) is 0. The van der Waals surface area contributed by atoms with Crippen molar-refractivity contribution in [2.75, 3.05) is 0 Å². The average Bonchev–Trinajstić information content (AvgIpc) is 2.94. The number of carbonyl (C=O) groups is 3. The zero-order valence-corrected chi connectivity index (χ0v) is 21.7. The summed E-state index contributed by atoms with van der Waals surface area (Å²) in [7, 11) is 0. The summed E-state index contributed by atoms with van der Waals surface area (Å²) in [6.07, 6.45) is 4.04. The number of rotatable bonds is 8. The fourth-order valence-electron chi connectivity index (χ4n) is 3.32. The van der Waals surface area contributed by atoms with E-state index in [2.05, 4.69) is 10.5 Å². The number of esters is 2. The molecule has 9 heteroatoms. The second-order valence-corrected chi connectivity index (χ2v) is 8.75. The number of halogens is 2. The van der Waals surface area contributed by atoms with E-state index in [1.807, 2.05) is 6.07 Å². The number of carbonyl (C=O) groups excluding carboxylic acids is 3. The molecular weight excluding hydrogens is 539 g/mol. The molecule has 0 bridgehead atoms. The average molecular weight is 559 g/mol. The molecule has 0 fully saturated rings. The van der Waals surface area contributed by atoms with Gasteiger partial charge in [0.05, 0.1) is 16.8 Å². The van der Waals surface area contributed by atoms with E-state index in [4.69, 9.17) is 32.7 Å². The quantitative estimate of drug-likeness (QED) is 0.0864. The Labute approximate surface area is 234 Å². The highest BCUT2D eigenvalue weighted by Crippen LogP contribution is 2.25. The van der Waals surface area contributed by atoms with Gasteiger partial charge in [0.15, 0.2) is 0 Å². The molecule has 4 rings (SSSR count). The third kappa shape index (κ3) is 7.64. The first-order valence-electron chi connectivity index (χ1n) is 11.5. The Bertz CT molecular complexity index is 1570. The maximum absolute atomic E-state index is 12.6. The summed E-state index contributed by atoms with van der Waals surface area (Å²) >= 11 is 12.0. The number of para-hydroxylation sites is 2. The van der Waals surface area contributed by atoms with Crippen molar-refractivity contribution in [3.8, 4) is 11.5 Å². The predicted molar refractivity (Wildman–Crippen MR) is 150 cm³/mol. The summed E-state index contributed by atoms with van der Waals surface area (Å²) in [5, 5.41) is 4.51. The molecule has 0 saturated carbocycles. The Morgan fingerprint density at radius 2 is 1.38 bits per heavy atom. The van der Waals surface area contributed by atoms with Crippen LogP contribution in [-0.2, 0) is 4.79 Å². The van der Waals surface area contributed by atoms with Crippen LogP contribution in [0.4, 0.5) is 0 Å². The van der Waals surface area contributed by atoms with E-state index in [0.29, 0.717) is 21.7 Å². The predicted octanol–water partition coefficient (Wildman–Crippen LogP) is 6.60.